The lowest BCUT2D eigenvalue weighted by Crippen LogP contribution is -2.13. The fourth-order valence-electron chi connectivity index (χ4n) is 1.05. The molecular formula is C8H10N4O2. The summed E-state index contributed by atoms with van der Waals surface area (Å²) in [6, 6.07) is 1.81. The molecule has 2 heterocycles. The maximum absolute atomic E-state index is 4.69. The van der Waals surface area contributed by atoms with Crippen LogP contribution in [0.25, 0.3) is 0 Å². The molecule has 74 valence electrons. The minimum atomic E-state index is 0.613. The number of hydrogen-bond donors (Lipinski definition) is 1. The van der Waals surface area contributed by atoms with E-state index in [0.717, 1.165) is 17.1 Å². The Hall–Kier alpha value is -1.69. The van der Waals surface area contributed by atoms with Crippen LogP contribution < -0.4 is 5.32 Å². The van der Waals surface area contributed by atoms with Gasteiger partial charge in [-0.25, -0.2) is 4.63 Å². The Morgan fingerprint density at radius 3 is 2.86 bits per heavy atom. The monoisotopic (exact) mass is 194 g/mol. The molecule has 2 aromatic rings. The van der Waals surface area contributed by atoms with E-state index in [1.165, 1.54) is 0 Å². The van der Waals surface area contributed by atoms with E-state index in [0.29, 0.717) is 13.1 Å². The van der Waals surface area contributed by atoms with Crippen molar-refractivity contribution in [2.24, 2.45) is 0 Å². The summed E-state index contributed by atoms with van der Waals surface area (Å²) in [5.41, 5.74) is 2.48. The fraction of sp³-hybridized carbons (Fsp3) is 0.375. The molecule has 2 rings (SSSR count). The van der Waals surface area contributed by atoms with E-state index in [4.69, 9.17) is 0 Å². The summed E-state index contributed by atoms with van der Waals surface area (Å²) < 4.78 is 9.25. The molecule has 0 aliphatic rings. The van der Waals surface area contributed by atoms with E-state index >= 15 is 0 Å². The van der Waals surface area contributed by atoms with Gasteiger partial charge in [-0.05, 0) is 6.92 Å². The molecule has 0 bridgehead atoms. The molecule has 0 unspecified atom stereocenters. The minimum Gasteiger partial charge on any atom is -0.364 e. The van der Waals surface area contributed by atoms with Crippen molar-refractivity contribution in [3.63, 3.8) is 0 Å². The zero-order valence-corrected chi connectivity index (χ0v) is 7.73. The van der Waals surface area contributed by atoms with Crippen LogP contribution in [0.3, 0.4) is 0 Å². The Kier molecular flexibility index (Phi) is 2.55. The predicted molar refractivity (Wildman–Crippen MR) is 46.1 cm³/mol. The lowest BCUT2D eigenvalue weighted by Gasteiger charge is -1.97. The zero-order valence-electron chi connectivity index (χ0n) is 7.73. The molecule has 0 amide bonds. The second-order valence-electron chi connectivity index (χ2n) is 2.89. The van der Waals surface area contributed by atoms with Gasteiger partial charge in [0, 0.05) is 19.2 Å². The van der Waals surface area contributed by atoms with Gasteiger partial charge in [-0.2, -0.15) is 0 Å². The van der Waals surface area contributed by atoms with Crippen molar-refractivity contribution in [3.8, 4) is 0 Å². The lowest BCUT2D eigenvalue weighted by atomic mass is 10.3. The van der Waals surface area contributed by atoms with E-state index in [-0.39, 0.29) is 0 Å². The second-order valence-corrected chi connectivity index (χ2v) is 2.89. The number of nitrogens with one attached hydrogen (secondary N) is 1. The van der Waals surface area contributed by atoms with Crippen molar-refractivity contribution in [3.05, 3.63) is 29.4 Å². The molecule has 0 fully saturated rings. The first-order valence-electron chi connectivity index (χ1n) is 4.24. The van der Waals surface area contributed by atoms with Crippen LogP contribution in [0.4, 0.5) is 0 Å². The third-order valence-electron chi connectivity index (χ3n) is 1.84. The van der Waals surface area contributed by atoms with Gasteiger partial charge in [-0.3, -0.25) is 0 Å². The molecule has 0 radical (unpaired) electrons. The second kappa shape index (κ2) is 4.01. The molecule has 0 saturated heterocycles. The van der Waals surface area contributed by atoms with Crippen molar-refractivity contribution in [1.29, 1.82) is 0 Å². The fourth-order valence-corrected chi connectivity index (χ4v) is 1.05. The molecule has 0 aliphatic carbocycles. The van der Waals surface area contributed by atoms with Crippen molar-refractivity contribution in [1.82, 2.24) is 20.8 Å². The zero-order chi connectivity index (χ0) is 9.80. The molecule has 0 aromatic carbocycles. The highest BCUT2D eigenvalue weighted by atomic mass is 16.6. The Morgan fingerprint density at radius 1 is 1.29 bits per heavy atom. The summed E-state index contributed by atoms with van der Waals surface area (Å²) in [6.07, 6.45) is 1.54. The van der Waals surface area contributed by atoms with Gasteiger partial charge in [0.05, 0.1) is 5.69 Å². The maximum atomic E-state index is 4.69. The maximum Gasteiger partial charge on any atom is 0.124 e. The van der Waals surface area contributed by atoms with Crippen LogP contribution in [0.5, 0.6) is 0 Å². The van der Waals surface area contributed by atoms with Gasteiger partial charge in [-0.1, -0.05) is 15.5 Å². The summed E-state index contributed by atoms with van der Waals surface area (Å²) in [5, 5.41) is 14.3. The minimum absolute atomic E-state index is 0.613. The average Bonchev–Trinajstić information content (AvgIpc) is 2.78. The van der Waals surface area contributed by atoms with Crippen LogP contribution in [0, 0.1) is 6.92 Å². The molecule has 14 heavy (non-hydrogen) atoms. The Balaban J connectivity index is 1.81. The third-order valence-corrected chi connectivity index (χ3v) is 1.84. The Bertz CT molecular complexity index is 382. The molecule has 0 aliphatic heterocycles. The van der Waals surface area contributed by atoms with Gasteiger partial charge in [0.25, 0.3) is 0 Å². The highest BCUT2D eigenvalue weighted by Crippen LogP contribution is 2.00. The molecule has 6 nitrogen and oxygen atoms in total. The first-order chi connectivity index (χ1) is 6.86. The molecule has 0 spiro atoms. The van der Waals surface area contributed by atoms with Gasteiger partial charge in [-0.15, -0.1) is 0 Å². The lowest BCUT2D eigenvalue weighted by molar-refractivity contribution is 0.300. The van der Waals surface area contributed by atoms with Gasteiger partial charge in [0.1, 0.15) is 17.7 Å². The van der Waals surface area contributed by atoms with E-state index in [1.54, 1.807) is 12.3 Å². The smallest absolute Gasteiger partial charge is 0.124 e. The van der Waals surface area contributed by atoms with E-state index < -0.39 is 0 Å². The van der Waals surface area contributed by atoms with Crippen LogP contribution in [0.2, 0.25) is 0 Å². The number of hydrogen-bond acceptors (Lipinski definition) is 6. The van der Waals surface area contributed by atoms with E-state index in [9.17, 15) is 0 Å². The van der Waals surface area contributed by atoms with Crippen LogP contribution in [-0.4, -0.2) is 15.5 Å². The summed E-state index contributed by atoms with van der Waals surface area (Å²) in [5.74, 6) is 0. The summed E-state index contributed by atoms with van der Waals surface area (Å²) in [4.78, 5) is 0. The van der Waals surface area contributed by atoms with Crippen LogP contribution >= 0.6 is 0 Å². The highest BCUT2D eigenvalue weighted by molar-refractivity contribution is 5.04. The van der Waals surface area contributed by atoms with Crippen LogP contribution in [0.1, 0.15) is 17.1 Å². The predicted octanol–water partition coefficient (Wildman–Crippen LogP) is 0.656. The molecular weight excluding hydrogens is 184 g/mol. The standard InChI is InChI=1S/C8H10N4O2/c1-6-8(12-14-10-6)5-9-4-7-2-3-13-11-7/h2-3,9H,4-5H2,1H3. The average molecular weight is 194 g/mol. The van der Waals surface area contributed by atoms with Gasteiger partial charge < -0.3 is 9.84 Å². The summed E-state index contributed by atoms with van der Waals surface area (Å²) in [7, 11) is 0. The largest absolute Gasteiger partial charge is 0.364 e. The molecule has 1 N–H and O–H groups in total. The SMILES string of the molecule is Cc1nonc1CNCc1ccon1. The van der Waals surface area contributed by atoms with Crippen molar-refractivity contribution < 1.29 is 9.15 Å². The quantitative estimate of drug-likeness (QED) is 0.770. The third kappa shape index (κ3) is 1.97. The van der Waals surface area contributed by atoms with Gasteiger partial charge >= 0.3 is 0 Å². The summed E-state index contributed by atoms with van der Waals surface area (Å²) in [6.45, 7) is 3.11. The van der Waals surface area contributed by atoms with E-state index in [1.807, 2.05) is 6.92 Å². The molecule has 2 aromatic heterocycles. The number of aryl methyl sites for hydroxylation is 1. The van der Waals surface area contributed by atoms with Crippen molar-refractivity contribution >= 4 is 0 Å². The van der Waals surface area contributed by atoms with E-state index in [2.05, 4.69) is 29.9 Å². The topological polar surface area (TPSA) is 77.0 Å². The first kappa shape index (κ1) is 8.89. The number of aromatic nitrogens is 3. The molecule has 6 heteroatoms. The van der Waals surface area contributed by atoms with Crippen molar-refractivity contribution in [2.45, 2.75) is 20.0 Å². The highest BCUT2D eigenvalue weighted by Gasteiger charge is 2.04. The van der Waals surface area contributed by atoms with Crippen LogP contribution in [-0.2, 0) is 13.1 Å². The normalized spacial score (nSPS) is 10.6. The number of nitrogens with zero attached hydrogens (tertiary/aromatic N) is 3. The van der Waals surface area contributed by atoms with Crippen molar-refractivity contribution in [2.75, 3.05) is 0 Å². The molecule has 0 atom stereocenters. The summed E-state index contributed by atoms with van der Waals surface area (Å²) >= 11 is 0. The van der Waals surface area contributed by atoms with Gasteiger partial charge in [0.2, 0.25) is 0 Å². The van der Waals surface area contributed by atoms with Gasteiger partial charge in [0.15, 0.2) is 0 Å². The Labute approximate surface area is 80.2 Å². The van der Waals surface area contributed by atoms with Crippen LogP contribution in [0.15, 0.2) is 21.5 Å². The number of rotatable bonds is 4. The Morgan fingerprint density at radius 2 is 2.21 bits per heavy atom. The first-order valence-corrected chi connectivity index (χ1v) is 4.24. The molecule has 0 saturated carbocycles.